The summed E-state index contributed by atoms with van der Waals surface area (Å²) >= 11 is 0. The minimum Gasteiger partial charge on any atom is -0.308 e. The van der Waals surface area contributed by atoms with Crippen LogP contribution in [-0.4, -0.2) is 11.1 Å². The third-order valence-corrected chi connectivity index (χ3v) is 4.07. The lowest BCUT2D eigenvalue weighted by Crippen LogP contribution is -2.35. The van der Waals surface area contributed by atoms with Crippen molar-refractivity contribution >= 4 is 12.2 Å². The van der Waals surface area contributed by atoms with Crippen molar-refractivity contribution in [3.05, 3.63) is 70.8 Å². The van der Waals surface area contributed by atoms with E-state index in [1.807, 2.05) is 13.8 Å². The van der Waals surface area contributed by atoms with E-state index in [2.05, 4.69) is 113 Å². The van der Waals surface area contributed by atoms with Crippen molar-refractivity contribution in [2.45, 2.75) is 79.6 Å². The predicted molar refractivity (Wildman–Crippen MR) is 126 cm³/mol. The third-order valence-electron chi connectivity index (χ3n) is 4.07. The molecule has 0 heterocycles. The Morgan fingerprint density at radius 1 is 0.571 bits per heavy atom. The van der Waals surface area contributed by atoms with Gasteiger partial charge in [0.25, 0.3) is 0 Å². The number of benzene rings is 2. The van der Waals surface area contributed by atoms with Crippen molar-refractivity contribution in [1.82, 2.24) is 10.6 Å². The Kier molecular flexibility index (Phi) is 9.64. The Balaban J connectivity index is 0.00000190. The van der Waals surface area contributed by atoms with Gasteiger partial charge in [-0.05, 0) is 63.8 Å². The minimum atomic E-state index is 0.146. The van der Waals surface area contributed by atoms with Crippen molar-refractivity contribution in [2.75, 3.05) is 0 Å². The summed E-state index contributed by atoms with van der Waals surface area (Å²) in [5.41, 5.74) is 5.37. The van der Waals surface area contributed by atoms with Crippen molar-refractivity contribution in [3.63, 3.8) is 0 Å². The van der Waals surface area contributed by atoms with Crippen LogP contribution in [0.2, 0.25) is 0 Å². The summed E-state index contributed by atoms with van der Waals surface area (Å²) in [7, 11) is 0. The molecule has 2 aromatic rings. The minimum absolute atomic E-state index is 0.146. The summed E-state index contributed by atoms with van der Waals surface area (Å²) in [4.78, 5) is 0. The molecule has 2 heteroatoms. The number of hydrogen-bond donors (Lipinski definition) is 2. The van der Waals surface area contributed by atoms with Crippen LogP contribution in [0.1, 0.15) is 77.6 Å². The maximum absolute atomic E-state index is 3.52. The first-order valence-corrected chi connectivity index (χ1v) is 10.5. The Morgan fingerprint density at radius 3 is 1.11 bits per heavy atom. The van der Waals surface area contributed by atoms with Crippen LogP contribution in [0, 0.1) is 0 Å². The maximum atomic E-state index is 3.52. The molecule has 0 amide bonds. The second kappa shape index (κ2) is 11.2. The Hall–Kier alpha value is -1.90. The van der Waals surface area contributed by atoms with E-state index in [9.17, 15) is 0 Å². The van der Waals surface area contributed by atoms with Gasteiger partial charge in [0.2, 0.25) is 0 Å². The topological polar surface area (TPSA) is 24.1 Å². The molecule has 0 fully saturated rings. The van der Waals surface area contributed by atoms with Gasteiger partial charge in [-0.2, -0.15) is 0 Å². The van der Waals surface area contributed by atoms with Crippen LogP contribution in [0.25, 0.3) is 12.2 Å². The summed E-state index contributed by atoms with van der Waals surface area (Å²) in [6.07, 6.45) is 4.34. The van der Waals surface area contributed by atoms with Gasteiger partial charge >= 0.3 is 0 Å². The Bertz CT molecular complexity index is 633. The van der Waals surface area contributed by atoms with Crippen LogP contribution in [-0.2, 0) is 13.1 Å². The van der Waals surface area contributed by atoms with Gasteiger partial charge in [0.15, 0.2) is 0 Å². The highest BCUT2D eigenvalue weighted by Gasteiger charge is 2.08. The van der Waals surface area contributed by atoms with E-state index in [1.54, 1.807) is 0 Å². The molecule has 2 nitrogen and oxygen atoms in total. The molecule has 154 valence electrons. The monoisotopic (exact) mass is 380 g/mol. The summed E-state index contributed by atoms with van der Waals surface area (Å²) in [5, 5.41) is 7.03. The van der Waals surface area contributed by atoms with Crippen LogP contribution in [0.4, 0.5) is 0 Å². The normalized spacial score (nSPS) is 12.0. The molecule has 0 atom stereocenters. The highest BCUT2D eigenvalue weighted by Crippen LogP contribution is 2.12. The summed E-state index contributed by atoms with van der Waals surface area (Å²) in [6.45, 7) is 18.9. The van der Waals surface area contributed by atoms with Gasteiger partial charge in [-0.3, -0.25) is 0 Å². The van der Waals surface area contributed by atoms with E-state index < -0.39 is 0 Å². The van der Waals surface area contributed by atoms with Crippen LogP contribution in [0.3, 0.4) is 0 Å². The molecule has 0 aliphatic heterocycles. The fourth-order valence-electron chi connectivity index (χ4n) is 2.42. The summed E-state index contributed by atoms with van der Waals surface area (Å²) in [5.74, 6) is 0. The molecule has 0 aliphatic carbocycles. The molecule has 2 aromatic carbocycles. The first-order chi connectivity index (χ1) is 13.1. The second-order valence-electron chi connectivity index (χ2n) is 9.02. The van der Waals surface area contributed by atoms with E-state index in [0.717, 1.165) is 13.1 Å². The molecule has 0 saturated carbocycles. The molecule has 0 aliphatic rings. The number of nitrogens with one attached hydrogen (secondary N) is 2. The van der Waals surface area contributed by atoms with E-state index in [4.69, 9.17) is 0 Å². The van der Waals surface area contributed by atoms with Crippen molar-refractivity contribution in [1.29, 1.82) is 0 Å². The van der Waals surface area contributed by atoms with Crippen molar-refractivity contribution in [3.8, 4) is 0 Å². The molecule has 0 saturated heterocycles. The average molecular weight is 381 g/mol. The second-order valence-corrected chi connectivity index (χ2v) is 9.02. The molecule has 0 bridgehead atoms. The fraction of sp³-hybridized carbons (Fsp3) is 0.462. The first kappa shape index (κ1) is 24.1. The lowest BCUT2D eigenvalue weighted by atomic mass is 10.1. The van der Waals surface area contributed by atoms with Gasteiger partial charge in [0, 0.05) is 24.2 Å². The van der Waals surface area contributed by atoms with Crippen LogP contribution in [0.15, 0.2) is 48.5 Å². The fourth-order valence-corrected chi connectivity index (χ4v) is 2.42. The zero-order valence-electron chi connectivity index (χ0n) is 19.2. The standard InChI is InChI=1S/C24H34N2.C2H6/c1-23(2,3)25-17-21-13-9-19(10-14-21)7-8-20-11-15-22(16-12-20)18-26-24(4,5)6;1-2/h7-16,25-26H,17-18H2,1-6H3;1-2H3. The van der Waals surface area contributed by atoms with Gasteiger partial charge in [-0.1, -0.05) is 74.5 Å². The molecular weight excluding hydrogens is 340 g/mol. The SMILES string of the molecule is CC.CC(C)(C)NCc1ccc(C=Cc2ccc(CNC(C)(C)C)cc2)cc1. The highest BCUT2D eigenvalue weighted by molar-refractivity contribution is 5.69. The largest absolute Gasteiger partial charge is 0.308 e. The lowest BCUT2D eigenvalue weighted by molar-refractivity contribution is 0.424. The first-order valence-electron chi connectivity index (χ1n) is 10.5. The van der Waals surface area contributed by atoms with E-state index in [0.29, 0.717) is 0 Å². The zero-order chi connectivity index (χ0) is 21.2. The van der Waals surface area contributed by atoms with Gasteiger partial charge in [-0.25, -0.2) is 0 Å². The molecule has 28 heavy (non-hydrogen) atoms. The number of hydrogen-bond acceptors (Lipinski definition) is 2. The van der Waals surface area contributed by atoms with Gasteiger partial charge < -0.3 is 10.6 Å². The predicted octanol–water partition coefficient (Wildman–Crippen LogP) is 6.66. The van der Waals surface area contributed by atoms with E-state index >= 15 is 0 Å². The molecule has 0 aromatic heterocycles. The van der Waals surface area contributed by atoms with Gasteiger partial charge in [-0.15, -0.1) is 0 Å². The van der Waals surface area contributed by atoms with Gasteiger partial charge in [0.1, 0.15) is 0 Å². The molecule has 2 N–H and O–H groups in total. The molecule has 0 radical (unpaired) electrons. The van der Waals surface area contributed by atoms with E-state index in [1.165, 1.54) is 22.3 Å². The van der Waals surface area contributed by atoms with Crippen molar-refractivity contribution < 1.29 is 0 Å². The quantitative estimate of drug-likeness (QED) is 0.548. The summed E-state index contributed by atoms with van der Waals surface area (Å²) in [6, 6.07) is 17.5. The molecule has 0 spiro atoms. The smallest absolute Gasteiger partial charge is 0.0210 e. The Labute approximate surface area is 173 Å². The molecule has 0 unspecified atom stereocenters. The van der Waals surface area contributed by atoms with Crippen LogP contribution >= 0.6 is 0 Å². The third kappa shape index (κ3) is 10.4. The van der Waals surface area contributed by atoms with E-state index in [-0.39, 0.29) is 11.1 Å². The van der Waals surface area contributed by atoms with Crippen LogP contribution in [0.5, 0.6) is 0 Å². The molecular formula is C26H40N2. The molecule has 2 rings (SSSR count). The lowest BCUT2D eigenvalue weighted by Gasteiger charge is -2.20. The van der Waals surface area contributed by atoms with Crippen molar-refractivity contribution in [2.24, 2.45) is 0 Å². The Morgan fingerprint density at radius 2 is 0.857 bits per heavy atom. The summed E-state index contributed by atoms with van der Waals surface area (Å²) < 4.78 is 0. The maximum Gasteiger partial charge on any atom is 0.0210 e. The van der Waals surface area contributed by atoms with Gasteiger partial charge in [0.05, 0.1) is 0 Å². The number of rotatable bonds is 6. The zero-order valence-corrected chi connectivity index (χ0v) is 19.2. The van der Waals surface area contributed by atoms with Crippen LogP contribution < -0.4 is 10.6 Å². The average Bonchev–Trinajstić information content (AvgIpc) is 2.65. The highest BCUT2D eigenvalue weighted by atomic mass is 14.9.